The molecule has 0 aliphatic rings. The number of nitrogens with zero attached hydrogens (tertiary/aromatic N) is 1. The SMILES string of the molecule is C=C(NCc1cc(F)cc(F)c1)c1cccc(Oc2ccnc(Nc3ccc(C)cc3)c2)c1C.[HH].[HH]. The van der Waals surface area contributed by atoms with E-state index in [1.54, 1.807) is 12.3 Å². The van der Waals surface area contributed by atoms with Crippen LogP contribution in [-0.4, -0.2) is 4.98 Å². The number of anilines is 2. The van der Waals surface area contributed by atoms with Gasteiger partial charge in [-0.15, -0.1) is 0 Å². The molecule has 0 unspecified atom stereocenters. The van der Waals surface area contributed by atoms with Gasteiger partial charge < -0.3 is 15.4 Å². The molecule has 0 amide bonds. The van der Waals surface area contributed by atoms with Gasteiger partial charge in [-0.05, 0) is 55.8 Å². The number of halogens is 2. The standard InChI is InChI=1S/C28H25F2N3O.2H2/c1-18-7-9-24(10-8-18)33-28-16-25(11-12-31-28)34-27-6-4-5-26(19(27)2)20(3)32-17-21-13-22(29)15-23(30)14-21;;/h4-16,32H,3,17H2,1-2H3,(H,31,33);2*1H. The molecule has 0 saturated heterocycles. The third kappa shape index (κ3) is 5.78. The number of hydrogen-bond donors (Lipinski definition) is 2. The summed E-state index contributed by atoms with van der Waals surface area (Å²) in [4.78, 5) is 4.36. The first-order chi connectivity index (χ1) is 16.4. The molecule has 0 atom stereocenters. The molecule has 0 spiro atoms. The van der Waals surface area contributed by atoms with Crippen LogP contribution in [0.1, 0.15) is 25.1 Å². The van der Waals surface area contributed by atoms with Crippen LogP contribution in [0.3, 0.4) is 0 Å². The molecule has 0 aliphatic heterocycles. The predicted octanol–water partition coefficient (Wildman–Crippen LogP) is 7.77. The number of pyridine rings is 1. The number of nitrogens with one attached hydrogen (secondary N) is 2. The van der Waals surface area contributed by atoms with Crippen molar-refractivity contribution in [2.24, 2.45) is 0 Å². The van der Waals surface area contributed by atoms with E-state index in [0.29, 0.717) is 28.6 Å². The monoisotopic (exact) mass is 461 g/mol. The van der Waals surface area contributed by atoms with Crippen LogP contribution in [0, 0.1) is 25.5 Å². The summed E-state index contributed by atoms with van der Waals surface area (Å²) in [6, 6.07) is 20.8. The highest BCUT2D eigenvalue weighted by atomic mass is 19.1. The van der Waals surface area contributed by atoms with Crippen LogP contribution < -0.4 is 15.4 Å². The summed E-state index contributed by atoms with van der Waals surface area (Å²) in [7, 11) is 0. The molecule has 3 aromatic carbocycles. The summed E-state index contributed by atoms with van der Waals surface area (Å²) in [6.45, 7) is 8.31. The minimum atomic E-state index is -0.609. The minimum absolute atomic E-state index is 0. The molecule has 0 radical (unpaired) electrons. The van der Waals surface area contributed by atoms with Crippen molar-refractivity contribution in [3.8, 4) is 11.5 Å². The maximum absolute atomic E-state index is 13.5. The zero-order valence-electron chi connectivity index (χ0n) is 19.0. The minimum Gasteiger partial charge on any atom is -0.457 e. The lowest BCUT2D eigenvalue weighted by Gasteiger charge is -2.16. The van der Waals surface area contributed by atoms with Crippen molar-refractivity contribution in [1.82, 2.24) is 10.3 Å². The van der Waals surface area contributed by atoms with Crippen LogP contribution in [0.2, 0.25) is 0 Å². The van der Waals surface area contributed by atoms with Crippen molar-refractivity contribution < 1.29 is 16.4 Å². The normalized spacial score (nSPS) is 10.6. The van der Waals surface area contributed by atoms with E-state index in [1.165, 1.54) is 17.7 Å². The molecule has 1 aromatic heterocycles. The van der Waals surface area contributed by atoms with Crippen molar-refractivity contribution in [3.05, 3.63) is 119 Å². The average molecular weight is 462 g/mol. The lowest BCUT2D eigenvalue weighted by atomic mass is 10.0. The molecule has 4 nitrogen and oxygen atoms in total. The van der Waals surface area contributed by atoms with Gasteiger partial charge in [-0.25, -0.2) is 13.8 Å². The van der Waals surface area contributed by atoms with Gasteiger partial charge in [0.05, 0.1) is 0 Å². The lowest BCUT2D eigenvalue weighted by molar-refractivity contribution is 0.478. The molecule has 0 bridgehead atoms. The van der Waals surface area contributed by atoms with Crippen molar-refractivity contribution in [3.63, 3.8) is 0 Å². The maximum atomic E-state index is 13.5. The molecular formula is C28H29F2N3O. The van der Waals surface area contributed by atoms with Crippen LogP contribution in [0.4, 0.5) is 20.3 Å². The van der Waals surface area contributed by atoms with E-state index < -0.39 is 11.6 Å². The van der Waals surface area contributed by atoms with Gasteiger partial charge in [-0.3, -0.25) is 0 Å². The molecule has 0 saturated carbocycles. The molecule has 6 heteroatoms. The van der Waals surface area contributed by atoms with Crippen molar-refractivity contribution in [1.29, 1.82) is 0 Å². The fourth-order valence-corrected chi connectivity index (χ4v) is 3.52. The van der Waals surface area contributed by atoms with Crippen LogP contribution in [-0.2, 0) is 6.54 Å². The molecule has 1 heterocycles. The highest BCUT2D eigenvalue weighted by Gasteiger charge is 2.10. The fraction of sp³-hybridized carbons (Fsp3) is 0.107. The highest BCUT2D eigenvalue weighted by Crippen LogP contribution is 2.30. The first-order valence-electron chi connectivity index (χ1n) is 10.8. The van der Waals surface area contributed by atoms with Crippen molar-refractivity contribution in [2.45, 2.75) is 20.4 Å². The molecular weight excluding hydrogens is 432 g/mol. The summed E-state index contributed by atoms with van der Waals surface area (Å²) < 4.78 is 33.0. The third-order valence-electron chi connectivity index (χ3n) is 5.32. The second-order valence-corrected chi connectivity index (χ2v) is 8.01. The summed E-state index contributed by atoms with van der Waals surface area (Å²) in [6.07, 6.45) is 1.68. The van der Waals surface area contributed by atoms with E-state index >= 15 is 0 Å². The van der Waals surface area contributed by atoms with Crippen molar-refractivity contribution in [2.75, 3.05) is 5.32 Å². The quantitative estimate of drug-likeness (QED) is 0.281. The zero-order chi connectivity index (χ0) is 24.1. The van der Waals surface area contributed by atoms with Gasteiger partial charge in [-0.2, -0.15) is 0 Å². The second-order valence-electron chi connectivity index (χ2n) is 8.01. The average Bonchev–Trinajstić information content (AvgIpc) is 2.80. The molecule has 0 aliphatic carbocycles. The van der Waals surface area contributed by atoms with Gasteiger partial charge in [0.15, 0.2) is 0 Å². The molecule has 34 heavy (non-hydrogen) atoms. The van der Waals surface area contributed by atoms with E-state index in [0.717, 1.165) is 22.9 Å². The maximum Gasteiger partial charge on any atom is 0.134 e. The largest absolute Gasteiger partial charge is 0.457 e. The van der Waals surface area contributed by atoms with Gasteiger partial charge in [0.1, 0.15) is 29.0 Å². The van der Waals surface area contributed by atoms with Gasteiger partial charge in [0.2, 0.25) is 0 Å². The Labute approximate surface area is 200 Å². The summed E-state index contributed by atoms with van der Waals surface area (Å²) in [5, 5.41) is 6.41. The van der Waals surface area contributed by atoms with Gasteiger partial charge in [-0.1, -0.05) is 36.4 Å². The number of aromatic nitrogens is 1. The first-order valence-corrected chi connectivity index (χ1v) is 10.8. The number of aryl methyl sites for hydroxylation is 1. The lowest BCUT2D eigenvalue weighted by Crippen LogP contribution is -2.12. The summed E-state index contributed by atoms with van der Waals surface area (Å²) in [5.74, 6) is 0.761. The second kappa shape index (κ2) is 10.2. The van der Waals surface area contributed by atoms with Crippen LogP contribution in [0.15, 0.2) is 85.6 Å². The molecule has 4 aromatic rings. The van der Waals surface area contributed by atoms with Crippen molar-refractivity contribution >= 4 is 17.2 Å². The van der Waals surface area contributed by atoms with Crippen LogP contribution in [0.5, 0.6) is 11.5 Å². The Morgan fingerprint density at radius 1 is 0.971 bits per heavy atom. The van der Waals surface area contributed by atoms with E-state index in [9.17, 15) is 8.78 Å². The van der Waals surface area contributed by atoms with E-state index in [2.05, 4.69) is 22.2 Å². The Hall–Kier alpha value is -4.19. The Balaban J connectivity index is 0.00000228. The smallest absolute Gasteiger partial charge is 0.134 e. The Bertz CT molecular complexity index is 1310. The first kappa shape index (κ1) is 23.0. The molecule has 2 N–H and O–H groups in total. The number of rotatable bonds is 8. The number of ether oxygens (including phenoxy) is 1. The summed E-state index contributed by atoms with van der Waals surface area (Å²) >= 11 is 0. The Morgan fingerprint density at radius 3 is 2.44 bits per heavy atom. The van der Waals surface area contributed by atoms with E-state index in [1.807, 2.05) is 62.4 Å². The van der Waals surface area contributed by atoms with Gasteiger partial charge in [0, 0.05) is 50.2 Å². The number of benzene rings is 3. The molecule has 176 valence electrons. The highest BCUT2D eigenvalue weighted by molar-refractivity contribution is 5.67. The van der Waals surface area contributed by atoms with E-state index in [-0.39, 0.29) is 9.40 Å². The fourth-order valence-electron chi connectivity index (χ4n) is 3.52. The topological polar surface area (TPSA) is 46.2 Å². The summed E-state index contributed by atoms with van der Waals surface area (Å²) in [5.41, 5.74) is 4.98. The predicted molar refractivity (Wildman–Crippen MR) is 136 cm³/mol. The Morgan fingerprint density at radius 2 is 1.71 bits per heavy atom. The van der Waals surface area contributed by atoms with Gasteiger partial charge in [0.25, 0.3) is 0 Å². The van der Waals surface area contributed by atoms with E-state index in [4.69, 9.17) is 4.74 Å². The third-order valence-corrected chi connectivity index (χ3v) is 5.32. The Kier molecular flexibility index (Phi) is 6.87. The molecule has 4 rings (SSSR count). The van der Waals surface area contributed by atoms with Crippen LogP contribution in [0.25, 0.3) is 5.70 Å². The van der Waals surface area contributed by atoms with Gasteiger partial charge >= 0.3 is 0 Å². The number of hydrogen-bond acceptors (Lipinski definition) is 4. The zero-order valence-corrected chi connectivity index (χ0v) is 19.0. The van der Waals surface area contributed by atoms with Crippen LogP contribution >= 0.6 is 0 Å². The molecule has 0 fully saturated rings.